The lowest BCUT2D eigenvalue weighted by Crippen LogP contribution is -2.32. The lowest BCUT2D eigenvalue weighted by atomic mass is 9.81. The maximum absolute atomic E-state index is 13.3. The highest BCUT2D eigenvalue weighted by Crippen LogP contribution is 2.34. The molecule has 172 valence electrons. The molecular weight excluding hydrogens is 435 g/mol. The normalized spacial score (nSPS) is 23.7. The molecule has 32 heavy (non-hydrogen) atoms. The second-order valence-corrected chi connectivity index (χ2v) is 9.10. The summed E-state index contributed by atoms with van der Waals surface area (Å²) in [5, 5.41) is 7.75. The number of rotatable bonds is 6. The first-order valence-electron chi connectivity index (χ1n) is 11.2. The summed E-state index contributed by atoms with van der Waals surface area (Å²) in [6.45, 7) is 3.85. The summed E-state index contributed by atoms with van der Waals surface area (Å²) in [5.74, 6) is -0.370. The van der Waals surface area contributed by atoms with E-state index in [0.29, 0.717) is 61.7 Å². The highest BCUT2D eigenvalue weighted by Gasteiger charge is 2.30. The molecule has 1 aliphatic carbocycles. The van der Waals surface area contributed by atoms with Crippen LogP contribution >= 0.6 is 11.6 Å². The van der Waals surface area contributed by atoms with Gasteiger partial charge in [0.1, 0.15) is 5.02 Å². The van der Waals surface area contributed by atoms with Crippen molar-refractivity contribution < 1.29 is 13.9 Å². The molecule has 0 radical (unpaired) electrons. The SMILES string of the molecule is Cc1nc(F)ccc1C(=O)C1CCC(n2ncc(NCC3CCCOC3)c(Cl)c2=O)CC1. The second kappa shape index (κ2) is 10.1. The number of pyridine rings is 1. The van der Waals surface area contributed by atoms with Crippen molar-refractivity contribution in [1.29, 1.82) is 0 Å². The van der Waals surface area contributed by atoms with Crippen LogP contribution in [0.25, 0.3) is 0 Å². The molecular formula is C23H28ClFN4O3. The van der Waals surface area contributed by atoms with Gasteiger partial charge < -0.3 is 10.1 Å². The van der Waals surface area contributed by atoms with E-state index in [9.17, 15) is 14.0 Å². The molecule has 1 atom stereocenters. The van der Waals surface area contributed by atoms with E-state index in [2.05, 4.69) is 15.4 Å². The minimum atomic E-state index is -0.588. The Hall–Kier alpha value is -2.32. The highest BCUT2D eigenvalue weighted by molar-refractivity contribution is 6.32. The molecule has 0 spiro atoms. The molecule has 2 fully saturated rings. The van der Waals surface area contributed by atoms with Crippen LogP contribution in [0.1, 0.15) is 60.6 Å². The third-order valence-corrected chi connectivity index (χ3v) is 6.88. The Labute approximate surface area is 191 Å². The number of aryl methyl sites for hydroxylation is 1. The van der Waals surface area contributed by atoms with Crippen LogP contribution in [0.5, 0.6) is 0 Å². The van der Waals surface area contributed by atoms with Crippen LogP contribution < -0.4 is 10.9 Å². The molecule has 1 N–H and O–H groups in total. The molecule has 1 aliphatic heterocycles. The fourth-order valence-electron chi connectivity index (χ4n) is 4.64. The Balaban J connectivity index is 1.38. The van der Waals surface area contributed by atoms with Crippen LogP contribution in [0.2, 0.25) is 5.02 Å². The van der Waals surface area contributed by atoms with Gasteiger partial charge in [-0.3, -0.25) is 9.59 Å². The molecule has 0 bridgehead atoms. The van der Waals surface area contributed by atoms with Crippen LogP contribution in [0.3, 0.4) is 0 Å². The molecule has 1 saturated carbocycles. The summed E-state index contributed by atoms with van der Waals surface area (Å²) in [6.07, 6.45) is 6.31. The van der Waals surface area contributed by atoms with E-state index in [-0.39, 0.29) is 28.3 Å². The van der Waals surface area contributed by atoms with Gasteiger partial charge in [-0.25, -0.2) is 9.67 Å². The van der Waals surface area contributed by atoms with Gasteiger partial charge in [-0.2, -0.15) is 9.49 Å². The maximum atomic E-state index is 13.3. The zero-order valence-corrected chi connectivity index (χ0v) is 18.9. The Bertz CT molecular complexity index is 1030. The summed E-state index contributed by atoms with van der Waals surface area (Å²) in [6, 6.07) is 2.62. The van der Waals surface area contributed by atoms with Crippen molar-refractivity contribution in [3.8, 4) is 0 Å². The average Bonchev–Trinajstić information content (AvgIpc) is 2.80. The van der Waals surface area contributed by atoms with Crippen molar-refractivity contribution in [3.05, 3.63) is 50.9 Å². The number of nitrogens with zero attached hydrogens (tertiary/aromatic N) is 3. The third-order valence-electron chi connectivity index (χ3n) is 6.51. The third kappa shape index (κ3) is 5.02. The number of Topliss-reactive ketones (excluding diaryl/α,β-unsaturated/α-hetero) is 1. The van der Waals surface area contributed by atoms with E-state index in [4.69, 9.17) is 16.3 Å². The Kier molecular flexibility index (Phi) is 7.20. The summed E-state index contributed by atoms with van der Waals surface area (Å²) in [7, 11) is 0. The topological polar surface area (TPSA) is 86.1 Å². The van der Waals surface area contributed by atoms with Gasteiger partial charge in [-0.1, -0.05) is 11.6 Å². The molecule has 7 nitrogen and oxygen atoms in total. The van der Waals surface area contributed by atoms with Gasteiger partial charge in [-0.15, -0.1) is 0 Å². The fourth-order valence-corrected chi connectivity index (χ4v) is 4.85. The monoisotopic (exact) mass is 462 g/mol. The minimum absolute atomic E-state index is 0.0157. The van der Waals surface area contributed by atoms with Crippen LogP contribution in [0.15, 0.2) is 23.1 Å². The van der Waals surface area contributed by atoms with Gasteiger partial charge in [0.15, 0.2) is 5.78 Å². The van der Waals surface area contributed by atoms with Crippen LogP contribution in [0, 0.1) is 24.7 Å². The molecule has 1 saturated heterocycles. The van der Waals surface area contributed by atoms with Crippen LogP contribution in [-0.2, 0) is 4.74 Å². The summed E-state index contributed by atoms with van der Waals surface area (Å²) >= 11 is 6.37. The first-order valence-corrected chi connectivity index (χ1v) is 11.6. The molecule has 2 aromatic rings. The Morgan fingerprint density at radius 3 is 2.75 bits per heavy atom. The van der Waals surface area contributed by atoms with E-state index in [1.807, 2.05) is 0 Å². The molecule has 1 unspecified atom stereocenters. The first-order chi connectivity index (χ1) is 15.4. The predicted octanol–water partition coefficient (Wildman–Crippen LogP) is 4.19. The summed E-state index contributed by atoms with van der Waals surface area (Å²) < 4.78 is 20.2. The molecule has 3 heterocycles. The van der Waals surface area contributed by atoms with Crippen molar-refractivity contribution in [1.82, 2.24) is 14.8 Å². The Morgan fingerprint density at radius 1 is 1.28 bits per heavy atom. The van der Waals surface area contributed by atoms with Crippen molar-refractivity contribution in [2.24, 2.45) is 11.8 Å². The molecule has 0 amide bonds. The number of ether oxygens (including phenoxy) is 1. The molecule has 2 aliphatic rings. The van der Waals surface area contributed by atoms with Crippen molar-refractivity contribution in [2.75, 3.05) is 25.1 Å². The highest BCUT2D eigenvalue weighted by atomic mass is 35.5. The smallest absolute Gasteiger partial charge is 0.287 e. The van der Waals surface area contributed by atoms with E-state index in [0.717, 1.165) is 19.4 Å². The van der Waals surface area contributed by atoms with Crippen molar-refractivity contribution >= 4 is 23.1 Å². The van der Waals surface area contributed by atoms with E-state index in [1.165, 1.54) is 16.8 Å². The summed E-state index contributed by atoms with van der Waals surface area (Å²) in [4.78, 5) is 29.5. The fraction of sp³-hybridized carbons (Fsp3) is 0.565. The Morgan fingerprint density at radius 2 is 2.06 bits per heavy atom. The number of hydrogen-bond acceptors (Lipinski definition) is 6. The lowest BCUT2D eigenvalue weighted by Gasteiger charge is -2.28. The number of aromatic nitrogens is 3. The van der Waals surface area contributed by atoms with Gasteiger partial charge in [0, 0.05) is 24.6 Å². The zero-order chi connectivity index (χ0) is 22.7. The van der Waals surface area contributed by atoms with E-state index < -0.39 is 5.95 Å². The second-order valence-electron chi connectivity index (χ2n) is 8.72. The molecule has 4 rings (SSSR count). The molecule has 9 heteroatoms. The van der Waals surface area contributed by atoms with Gasteiger partial charge in [0.2, 0.25) is 5.95 Å². The largest absolute Gasteiger partial charge is 0.382 e. The van der Waals surface area contributed by atoms with Gasteiger partial charge in [0.25, 0.3) is 5.56 Å². The first kappa shape index (κ1) is 22.9. The molecule has 0 aromatic carbocycles. The van der Waals surface area contributed by atoms with Crippen molar-refractivity contribution in [3.63, 3.8) is 0 Å². The number of anilines is 1. The lowest BCUT2D eigenvalue weighted by molar-refractivity contribution is 0.0595. The van der Waals surface area contributed by atoms with E-state index >= 15 is 0 Å². The van der Waals surface area contributed by atoms with E-state index in [1.54, 1.807) is 13.1 Å². The van der Waals surface area contributed by atoms with Gasteiger partial charge >= 0.3 is 0 Å². The predicted molar refractivity (Wildman–Crippen MR) is 120 cm³/mol. The average molecular weight is 463 g/mol. The maximum Gasteiger partial charge on any atom is 0.287 e. The number of carbonyl (C=O) groups is 1. The standard InChI is InChI=1S/C23H28ClFN4O3/c1-14-18(8-9-20(25)28-14)22(30)16-4-6-17(7-5-16)29-23(31)21(24)19(12-27-29)26-11-15-3-2-10-32-13-15/h8-9,12,15-17,26H,2-7,10-11,13H2,1H3. The number of carbonyl (C=O) groups excluding carboxylic acids is 1. The summed E-state index contributed by atoms with van der Waals surface area (Å²) in [5.41, 5.74) is 1.10. The quantitative estimate of drug-likeness (QED) is 0.511. The van der Waals surface area contributed by atoms with Crippen LogP contribution in [0.4, 0.5) is 10.1 Å². The number of halogens is 2. The molecule has 2 aromatic heterocycles. The van der Waals surface area contributed by atoms with Crippen molar-refractivity contribution in [2.45, 2.75) is 51.5 Å². The number of hydrogen-bond donors (Lipinski definition) is 1. The van der Waals surface area contributed by atoms with Gasteiger partial charge in [0.05, 0.1) is 30.2 Å². The van der Waals surface area contributed by atoms with Gasteiger partial charge in [-0.05, 0) is 63.5 Å². The zero-order valence-electron chi connectivity index (χ0n) is 18.2. The minimum Gasteiger partial charge on any atom is -0.382 e. The number of ketones is 1. The van der Waals surface area contributed by atoms with Crippen LogP contribution in [-0.4, -0.2) is 40.3 Å². The number of nitrogens with one attached hydrogen (secondary N) is 1.